The molecule has 1 saturated carbocycles. The molecule has 0 bridgehead atoms. The number of benzene rings is 1. The first-order chi connectivity index (χ1) is 10.1. The Morgan fingerprint density at radius 2 is 2.10 bits per heavy atom. The van der Waals surface area contributed by atoms with E-state index in [4.69, 9.17) is 5.73 Å². The number of thioether (sulfide) groups is 1. The highest BCUT2D eigenvalue weighted by molar-refractivity contribution is 8.00. The molecule has 0 aromatic heterocycles. The maximum atomic E-state index is 11.4. The van der Waals surface area contributed by atoms with Gasteiger partial charge in [-0.3, -0.25) is 4.79 Å². The van der Waals surface area contributed by atoms with Gasteiger partial charge >= 0.3 is 0 Å². The van der Waals surface area contributed by atoms with Crippen LogP contribution in [0.1, 0.15) is 37.7 Å². The molecule has 1 heterocycles. The average molecular weight is 305 g/mol. The van der Waals surface area contributed by atoms with Gasteiger partial charge in [0.25, 0.3) is 0 Å². The van der Waals surface area contributed by atoms with Gasteiger partial charge in [-0.25, -0.2) is 0 Å². The second-order valence-electron chi connectivity index (χ2n) is 6.12. The van der Waals surface area contributed by atoms with Crippen LogP contribution in [0, 0.1) is 0 Å². The van der Waals surface area contributed by atoms with E-state index in [0.29, 0.717) is 11.2 Å². The average Bonchev–Trinajstić information content (AvgIpc) is 2.85. The van der Waals surface area contributed by atoms with Crippen molar-refractivity contribution in [2.45, 2.75) is 43.3 Å². The third-order valence-corrected chi connectivity index (χ3v) is 6.12. The van der Waals surface area contributed by atoms with Gasteiger partial charge in [-0.05, 0) is 36.8 Å². The van der Waals surface area contributed by atoms with E-state index in [0.717, 1.165) is 29.2 Å². The van der Waals surface area contributed by atoms with Crippen molar-refractivity contribution >= 4 is 34.7 Å². The lowest BCUT2D eigenvalue weighted by atomic mass is 9.88. The second kappa shape index (κ2) is 5.79. The summed E-state index contributed by atoms with van der Waals surface area (Å²) >= 11 is 1.97. The largest absolute Gasteiger partial charge is 0.397 e. The van der Waals surface area contributed by atoms with E-state index >= 15 is 0 Å². The fourth-order valence-electron chi connectivity index (χ4n) is 3.35. The molecule has 1 aliphatic heterocycles. The van der Waals surface area contributed by atoms with E-state index in [9.17, 15) is 4.79 Å². The minimum atomic E-state index is 0.0504. The Kier molecular flexibility index (Phi) is 4.02. The Balaban J connectivity index is 1.73. The van der Waals surface area contributed by atoms with E-state index in [2.05, 4.69) is 16.9 Å². The first-order valence-electron chi connectivity index (χ1n) is 7.63. The van der Waals surface area contributed by atoms with Crippen molar-refractivity contribution in [1.29, 1.82) is 0 Å². The summed E-state index contributed by atoms with van der Waals surface area (Å²) in [6, 6.07) is 3.90. The number of carbonyl (C=O) groups is 1. The number of hydrogen-bond donors (Lipinski definition) is 3. The lowest BCUT2D eigenvalue weighted by Crippen LogP contribution is -2.35. The lowest BCUT2D eigenvalue weighted by molar-refractivity contribution is -0.115. The maximum absolute atomic E-state index is 11.4. The van der Waals surface area contributed by atoms with Gasteiger partial charge in [-0.1, -0.05) is 19.3 Å². The molecule has 0 radical (unpaired) electrons. The fourth-order valence-corrected chi connectivity index (χ4v) is 4.27. The third kappa shape index (κ3) is 2.98. The van der Waals surface area contributed by atoms with Crippen molar-refractivity contribution in [3.05, 3.63) is 17.7 Å². The van der Waals surface area contributed by atoms with Crippen LogP contribution in [0.4, 0.5) is 17.1 Å². The fraction of sp³-hybridized carbons (Fsp3) is 0.562. The van der Waals surface area contributed by atoms with Crippen LogP contribution in [-0.4, -0.2) is 23.5 Å². The normalized spacial score (nSPS) is 20.0. The molecule has 0 atom stereocenters. The molecule has 21 heavy (non-hydrogen) atoms. The Bertz CT molecular complexity index is 553. The van der Waals surface area contributed by atoms with Crippen LogP contribution in [-0.2, 0) is 11.2 Å². The first kappa shape index (κ1) is 14.6. The number of anilines is 3. The van der Waals surface area contributed by atoms with E-state index in [-0.39, 0.29) is 5.91 Å². The zero-order valence-electron chi connectivity index (χ0n) is 12.5. The molecule has 0 unspecified atom stereocenters. The van der Waals surface area contributed by atoms with E-state index in [1.165, 1.54) is 32.1 Å². The van der Waals surface area contributed by atoms with E-state index in [1.807, 2.05) is 23.9 Å². The highest BCUT2D eigenvalue weighted by atomic mass is 32.2. The number of carbonyl (C=O) groups excluding carboxylic acids is 1. The molecule has 1 aromatic carbocycles. The third-order valence-electron chi connectivity index (χ3n) is 4.70. The first-order valence-corrected chi connectivity index (χ1v) is 8.86. The van der Waals surface area contributed by atoms with Gasteiger partial charge in [0, 0.05) is 17.0 Å². The van der Waals surface area contributed by atoms with Crippen molar-refractivity contribution in [2.75, 3.05) is 29.2 Å². The van der Waals surface area contributed by atoms with Gasteiger partial charge in [-0.15, -0.1) is 0 Å². The van der Waals surface area contributed by atoms with Crippen molar-refractivity contribution in [3.8, 4) is 0 Å². The van der Waals surface area contributed by atoms with Gasteiger partial charge in [-0.2, -0.15) is 11.8 Å². The molecule has 2 aliphatic rings. The Hall–Kier alpha value is -1.36. The van der Waals surface area contributed by atoms with Crippen LogP contribution in [0.25, 0.3) is 0 Å². The summed E-state index contributed by atoms with van der Waals surface area (Å²) in [5.74, 6) is 0.0504. The van der Waals surface area contributed by atoms with Gasteiger partial charge in [0.15, 0.2) is 0 Å². The van der Waals surface area contributed by atoms with Crippen molar-refractivity contribution in [2.24, 2.45) is 0 Å². The molecule has 0 spiro atoms. The van der Waals surface area contributed by atoms with Gasteiger partial charge in [0.05, 0.1) is 17.8 Å². The number of nitrogens with one attached hydrogen (secondary N) is 2. The van der Waals surface area contributed by atoms with Crippen LogP contribution < -0.4 is 16.4 Å². The number of fused-ring (bicyclic) bond motifs is 1. The molecule has 1 aliphatic carbocycles. The molecule has 1 aromatic rings. The molecule has 1 amide bonds. The Morgan fingerprint density at radius 3 is 2.81 bits per heavy atom. The summed E-state index contributed by atoms with van der Waals surface area (Å²) in [4.78, 5) is 11.4. The number of hydrogen-bond acceptors (Lipinski definition) is 4. The van der Waals surface area contributed by atoms with Crippen molar-refractivity contribution < 1.29 is 4.79 Å². The molecular formula is C16H23N3OS. The van der Waals surface area contributed by atoms with Crippen LogP contribution in [0.5, 0.6) is 0 Å². The molecule has 0 saturated heterocycles. The van der Waals surface area contributed by atoms with Crippen LogP contribution in [0.2, 0.25) is 0 Å². The highest BCUT2D eigenvalue weighted by Crippen LogP contribution is 2.39. The number of rotatable bonds is 4. The topological polar surface area (TPSA) is 67.1 Å². The minimum Gasteiger partial charge on any atom is -0.397 e. The Labute approximate surface area is 130 Å². The number of nitrogen functional groups attached to an aromatic ring is 1. The SMILES string of the molecule is CSC1(CNc2cc3c(cc2N)CC(=O)N3)CCCCC1. The summed E-state index contributed by atoms with van der Waals surface area (Å²) in [7, 11) is 0. The molecule has 114 valence electrons. The summed E-state index contributed by atoms with van der Waals surface area (Å²) in [6.07, 6.45) is 9.17. The number of nitrogens with two attached hydrogens (primary N) is 1. The quantitative estimate of drug-likeness (QED) is 0.747. The molecule has 4 N–H and O–H groups in total. The van der Waals surface area contributed by atoms with Gasteiger partial charge in [0.1, 0.15) is 0 Å². The second-order valence-corrected chi connectivity index (χ2v) is 7.40. The zero-order valence-corrected chi connectivity index (χ0v) is 13.3. The van der Waals surface area contributed by atoms with Crippen molar-refractivity contribution in [3.63, 3.8) is 0 Å². The highest BCUT2D eigenvalue weighted by Gasteiger charge is 2.31. The lowest BCUT2D eigenvalue weighted by Gasteiger charge is -2.36. The van der Waals surface area contributed by atoms with Gasteiger partial charge in [0.2, 0.25) is 5.91 Å². The molecule has 5 heteroatoms. The predicted octanol–water partition coefficient (Wildman–Crippen LogP) is 3.24. The standard InChI is InChI=1S/C16H23N3OS/c1-21-16(5-3-2-4-6-16)10-18-14-9-13-11(7-12(14)17)8-15(20)19-13/h7,9,18H,2-6,8,10,17H2,1H3,(H,19,20). The zero-order chi connectivity index (χ0) is 14.9. The molecule has 4 nitrogen and oxygen atoms in total. The molecule has 3 rings (SSSR count). The van der Waals surface area contributed by atoms with Crippen molar-refractivity contribution in [1.82, 2.24) is 0 Å². The summed E-state index contributed by atoms with van der Waals surface area (Å²) in [5.41, 5.74) is 9.71. The van der Waals surface area contributed by atoms with Crippen LogP contribution in [0.3, 0.4) is 0 Å². The van der Waals surface area contributed by atoms with Crippen LogP contribution >= 0.6 is 11.8 Å². The van der Waals surface area contributed by atoms with Crippen LogP contribution in [0.15, 0.2) is 12.1 Å². The summed E-state index contributed by atoms with van der Waals surface area (Å²) < 4.78 is 0.326. The number of amides is 1. The predicted molar refractivity (Wildman–Crippen MR) is 91.0 cm³/mol. The van der Waals surface area contributed by atoms with Gasteiger partial charge < -0.3 is 16.4 Å². The van der Waals surface area contributed by atoms with E-state index < -0.39 is 0 Å². The maximum Gasteiger partial charge on any atom is 0.228 e. The smallest absolute Gasteiger partial charge is 0.228 e. The van der Waals surface area contributed by atoms with E-state index in [1.54, 1.807) is 0 Å². The summed E-state index contributed by atoms with van der Waals surface area (Å²) in [6.45, 7) is 0.936. The monoisotopic (exact) mass is 305 g/mol. The molecular weight excluding hydrogens is 282 g/mol. The molecule has 1 fully saturated rings. The summed E-state index contributed by atoms with van der Waals surface area (Å²) in [5, 5.41) is 6.41. The minimum absolute atomic E-state index is 0.0504. The Morgan fingerprint density at radius 1 is 1.33 bits per heavy atom.